The topological polar surface area (TPSA) is 21.3 Å². The lowest BCUT2D eigenvalue weighted by Crippen LogP contribution is -2.35. The van der Waals surface area contributed by atoms with Crippen LogP contribution in [0.2, 0.25) is 0 Å². The van der Waals surface area contributed by atoms with Gasteiger partial charge < -0.3 is 10.1 Å². The summed E-state index contributed by atoms with van der Waals surface area (Å²) in [5.41, 5.74) is 0. The molecule has 1 atom stereocenters. The van der Waals surface area contributed by atoms with E-state index in [4.69, 9.17) is 4.74 Å². The summed E-state index contributed by atoms with van der Waals surface area (Å²) in [5.74, 6) is 0.904. The molecule has 0 radical (unpaired) electrons. The third-order valence-corrected chi connectivity index (χ3v) is 2.47. The normalized spacial score (nSPS) is 19.5. The van der Waals surface area contributed by atoms with Crippen molar-refractivity contribution in [3.05, 3.63) is 0 Å². The largest absolute Gasteiger partial charge is 0.383 e. The maximum atomic E-state index is 5.17. The first-order valence-corrected chi connectivity index (χ1v) is 5.10. The first-order chi connectivity index (χ1) is 5.88. The number of unbranched alkanes of at least 4 members (excludes halogenated alkanes) is 1. The zero-order valence-electron chi connectivity index (χ0n) is 8.31. The number of ether oxygens (including phenoxy) is 1. The van der Waals surface area contributed by atoms with Crippen molar-refractivity contribution in [2.24, 2.45) is 5.92 Å². The molecule has 1 rings (SSSR count). The first-order valence-electron chi connectivity index (χ1n) is 5.10. The van der Waals surface area contributed by atoms with Gasteiger partial charge in [-0.05, 0) is 31.7 Å². The molecule has 0 bridgehead atoms. The van der Waals surface area contributed by atoms with Crippen molar-refractivity contribution in [1.29, 1.82) is 0 Å². The quantitative estimate of drug-likeness (QED) is 0.590. The lowest BCUT2D eigenvalue weighted by Gasteiger charge is -2.16. The molecule has 12 heavy (non-hydrogen) atoms. The van der Waals surface area contributed by atoms with E-state index in [1.54, 1.807) is 7.11 Å². The Balaban J connectivity index is 2.05. The highest BCUT2D eigenvalue weighted by Crippen LogP contribution is 2.32. The van der Waals surface area contributed by atoms with Crippen LogP contribution in [0.3, 0.4) is 0 Å². The van der Waals surface area contributed by atoms with E-state index in [-0.39, 0.29) is 0 Å². The molecule has 0 aliphatic heterocycles. The molecule has 1 N–H and O–H groups in total. The van der Waals surface area contributed by atoms with E-state index < -0.39 is 0 Å². The first kappa shape index (κ1) is 10.0. The number of rotatable bonds is 7. The van der Waals surface area contributed by atoms with Crippen molar-refractivity contribution in [3.8, 4) is 0 Å². The Kier molecular flexibility index (Phi) is 4.62. The number of methoxy groups -OCH3 is 1. The van der Waals surface area contributed by atoms with Crippen LogP contribution < -0.4 is 5.32 Å². The summed E-state index contributed by atoms with van der Waals surface area (Å²) < 4.78 is 5.17. The van der Waals surface area contributed by atoms with Gasteiger partial charge in [-0.1, -0.05) is 13.3 Å². The lowest BCUT2D eigenvalue weighted by atomic mass is 10.2. The van der Waals surface area contributed by atoms with Crippen LogP contribution in [0.1, 0.15) is 32.6 Å². The monoisotopic (exact) mass is 171 g/mol. The second kappa shape index (κ2) is 5.55. The number of nitrogens with one attached hydrogen (secondary N) is 1. The summed E-state index contributed by atoms with van der Waals surface area (Å²) >= 11 is 0. The highest BCUT2D eigenvalue weighted by molar-refractivity contribution is 4.86. The summed E-state index contributed by atoms with van der Waals surface area (Å²) in [4.78, 5) is 0. The lowest BCUT2D eigenvalue weighted by molar-refractivity contribution is 0.157. The molecule has 0 aromatic heterocycles. The van der Waals surface area contributed by atoms with Gasteiger partial charge >= 0.3 is 0 Å². The van der Waals surface area contributed by atoms with Crippen LogP contribution >= 0.6 is 0 Å². The van der Waals surface area contributed by atoms with E-state index in [1.165, 1.54) is 25.7 Å². The zero-order valence-corrected chi connectivity index (χ0v) is 8.31. The molecule has 1 saturated carbocycles. The minimum absolute atomic E-state index is 0.626. The summed E-state index contributed by atoms with van der Waals surface area (Å²) in [6.07, 6.45) is 5.35. The molecule has 1 aliphatic rings. The molecule has 72 valence electrons. The van der Waals surface area contributed by atoms with Gasteiger partial charge in [0, 0.05) is 13.2 Å². The molecule has 2 heteroatoms. The fourth-order valence-electron chi connectivity index (χ4n) is 1.50. The minimum Gasteiger partial charge on any atom is -0.383 e. The summed E-state index contributed by atoms with van der Waals surface area (Å²) in [5, 5.41) is 3.56. The van der Waals surface area contributed by atoms with Crippen molar-refractivity contribution in [2.45, 2.75) is 38.6 Å². The molecule has 0 amide bonds. The van der Waals surface area contributed by atoms with Gasteiger partial charge in [-0.2, -0.15) is 0 Å². The van der Waals surface area contributed by atoms with Crippen LogP contribution in [-0.4, -0.2) is 26.3 Å². The van der Waals surface area contributed by atoms with Crippen molar-refractivity contribution >= 4 is 0 Å². The molecule has 0 spiro atoms. The fourth-order valence-corrected chi connectivity index (χ4v) is 1.50. The van der Waals surface area contributed by atoms with Crippen LogP contribution in [0.25, 0.3) is 0 Å². The van der Waals surface area contributed by atoms with Crippen molar-refractivity contribution < 1.29 is 4.74 Å². The Morgan fingerprint density at radius 1 is 1.50 bits per heavy atom. The molecule has 0 saturated heterocycles. The summed E-state index contributed by atoms with van der Waals surface area (Å²) in [6.45, 7) is 4.26. The van der Waals surface area contributed by atoms with E-state index in [0.717, 1.165) is 19.1 Å². The van der Waals surface area contributed by atoms with Gasteiger partial charge in [0.25, 0.3) is 0 Å². The Labute approximate surface area is 75.7 Å². The molecule has 1 aliphatic carbocycles. The zero-order chi connectivity index (χ0) is 8.81. The van der Waals surface area contributed by atoms with Crippen LogP contribution in [0, 0.1) is 5.92 Å². The second-order valence-corrected chi connectivity index (χ2v) is 3.71. The standard InChI is InChI=1S/C10H21NO/c1-3-4-7-11-10(8-12-2)9-5-6-9/h9-11H,3-8H2,1-2H3. The summed E-state index contributed by atoms with van der Waals surface area (Å²) in [7, 11) is 1.79. The third kappa shape index (κ3) is 3.55. The van der Waals surface area contributed by atoms with Gasteiger partial charge in [-0.15, -0.1) is 0 Å². The Morgan fingerprint density at radius 2 is 2.25 bits per heavy atom. The maximum Gasteiger partial charge on any atom is 0.0618 e. The van der Waals surface area contributed by atoms with Crippen LogP contribution in [0.4, 0.5) is 0 Å². The number of hydrogen-bond acceptors (Lipinski definition) is 2. The Morgan fingerprint density at radius 3 is 2.75 bits per heavy atom. The van der Waals surface area contributed by atoms with Crippen molar-refractivity contribution in [3.63, 3.8) is 0 Å². The van der Waals surface area contributed by atoms with Gasteiger partial charge in [0.2, 0.25) is 0 Å². The predicted molar refractivity (Wildman–Crippen MR) is 51.3 cm³/mol. The molecule has 0 heterocycles. The van der Waals surface area contributed by atoms with Crippen molar-refractivity contribution in [2.75, 3.05) is 20.3 Å². The van der Waals surface area contributed by atoms with Crippen LogP contribution in [0.15, 0.2) is 0 Å². The molecule has 0 aromatic carbocycles. The van der Waals surface area contributed by atoms with Gasteiger partial charge in [-0.25, -0.2) is 0 Å². The van der Waals surface area contributed by atoms with Crippen LogP contribution in [0.5, 0.6) is 0 Å². The van der Waals surface area contributed by atoms with Gasteiger partial charge in [-0.3, -0.25) is 0 Å². The van der Waals surface area contributed by atoms with Gasteiger partial charge in [0.1, 0.15) is 0 Å². The molecular formula is C10H21NO. The highest BCUT2D eigenvalue weighted by atomic mass is 16.5. The maximum absolute atomic E-state index is 5.17. The van der Waals surface area contributed by atoms with E-state index in [2.05, 4.69) is 12.2 Å². The average molecular weight is 171 g/mol. The third-order valence-electron chi connectivity index (χ3n) is 2.47. The SMILES string of the molecule is CCCCNC(COC)C1CC1. The molecule has 1 unspecified atom stereocenters. The van der Waals surface area contributed by atoms with Gasteiger partial charge in [0.15, 0.2) is 0 Å². The molecular weight excluding hydrogens is 150 g/mol. The second-order valence-electron chi connectivity index (χ2n) is 3.71. The van der Waals surface area contributed by atoms with Crippen molar-refractivity contribution in [1.82, 2.24) is 5.32 Å². The molecule has 0 aromatic rings. The van der Waals surface area contributed by atoms with E-state index >= 15 is 0 Å². The fraction of sp³-hybridized carbons (Fsp3) is 1.00. The van der Waals surface area contributed by atoms with E-state index in [1.807, 2.05) is 0 Å². The van der Waals surface area contributed by atoms with E-state index in [0.29, 0.717) is 6.04 Å². The Hall–Kier alpha value is -0.0800. The van der Waals surface area contributed by atoms with E-state index in [9.17, 15) is 0 Å². The predicted octanol–water partition coefficient (Wildman–Crippen LogP) is 1.80. The summed E-state index contributed by atoms with van der Waals surface area (Å²) in [6, 6.07) is 0.626. The number of hydrogen-bond donors (Lipinski definition) is 1. The smallest absolute Gasteiger partial charge is 0.0618 e. The highest BCUT2D eigenvalue weighted by Gasteiger charge is 2.30. The molecule has 2 nitrogen and oxygen atoms in total. The minimum atomic E-state index is 0.626. The van der Waals surface area contributed by atoms with Crippen LogP contribution in [-0.2, 0) is 4.74 Å². The van der Waals surface area contributed by atoms with Gasteiger partial charge in [0.05, 0.1) is 6.61 Å². The average Bonchev–Trinajstić information content (AvgIpc) is 2.86. The Bertz CT molecular complexity index is 112. The molecule has 1 fully saturated rings.